The van der Waals surface area contributed by atoms with Gasteiger partial charge in [0.2, 0.25) is 0 Å². The van der Waals surface area contributed by atoms with Gasteiger partial charge in [0.15, 0.2) is 0 Å². The molecule has 1 aromatic rings. The minimum atomic E-state index is -2.65. The number of benzene rings is 1. The first-order valence-electron chi connectivity index (χ1n) is 5.05. The van der Waals surface area contributed by atoms with Crippen LogP contribution in [0.15, 0.2) is 18.2 Å². The van der Waals surface area contributed by atoms with Crippen LogP contribution in [0.25, 0.3) is 0 Å². The van der Waals surface area contributed by atoms with Crippen molar-refractivity contribution in [2.75, 3.05) is 0 Å². The van der Waals surface area contributed by atoms with Crippen molar-refractivity contribution in [1.82, 2.24) is 0 Å². The molecule has 5 heteroatoms. The van der Waals surface area contributed by atoms with Gasteiger partial charge in [-0.3, -0.25) is 0 Å². The maximum atomic E-state index is 11.0. The van der Waals surface area contributed by atoms with Crippen LogP contribution in [0.3, 0.4) is 0 Å². The number of carbonyl (C=O) groups is 2. The summed E-state index contributed by atoms with van der Waals surface area (Å²) >= 11 is -2.65. The van der Waals surface area contributed by atoms with Gasteiger partial charge >= 0.3 is 109 Å². The second-order valence-corrected chi connectivity index (χ2v) is 7.03. The molecule has 0 bridgehead atoms. The van der Waals surface area contributed by atoms with Gasteiger partial charge < -0.3 is 0 Å². The normalized spacial score (nSPS) is 10.7. The van der Waals surface area contributed by atoms with Crippen molar-refractivity contribution in [3.8, 4) is 0 Å². The summed E-state index contributed by atoms with van der Waals surface area (Å²) in [4.78, 5) is 22.0. The molecule has 0 saturated heterocycles. The molecule has 1 rings (SSSR count). The van der Waals surface area contributed by atoms with E-state index < -0.39 is 32.6 Å². The summed E-state index contributed by atoms with van der Waals surface area (Å²) in [5.41, 5.74) is 2.11. The third kappa shape index (κ3) is 4.72. The molecule has 0 aromatic heterocycles. The first-order chi connectivity index (χ1) is 7.88. The predicted molar refractivity (Wildman–Crippen MR) is 72.2 cm³/mol. The van der Waals surface area contributed by atoms with Crippen molar-refractivity contribution >= 4 is 32.6 Å². The van der Waals surface area contributed by atoms with E-state index >= 15 is 0 Å². The van der Waals surface area contributed by atoms with Crippen LogP contribution in [0, 0.1) is 17.4 Å². The van der Waals surface area contributed by atoms with Gasteiger partial charge in [0.25, 0.3) is 0 Å². The van der Waals surface area contributed by atoms with E-state index in [1.165, 1.54) is 13.8 Å². The molecule has 0 saturated carbocycles. The van der Waals surface area contributed by atoms with Crippen molar-refractivity contribution in [2.24, 2.45) is 0 Å². The molecule has 17 heavy (non-hydrogen) atoms. The first kappa shape index (κ1) is 14.0. The Morgan fingerprint density at radius 2 is 1.35 bits per heavy atom. The Hall–Kier alpha value is -1.11. The van der Waals surface area contributed by atoms with E-state index in [0.717, 1.165) is 14.7 Å². The average Bonchev–Trinajstić information content (AvgIpc) is 2.13. The molecule has 0 radical (unpaired) electrons. The summed E-state index contributed by atoms with van der Waals surface area (Å²) < 4.78 is 11.1. The molecule has 0 fully saturated rings. The fraction of sp³-hybridized carbons (Fsp3) is 0.333. The molecular formula is C12H15IO4. The van der Waals surface area contributed by atoms with E-state index in [0.29, 0.717) is 0 Å². The number of aryl methyl sites for hydroxylation is 2. The van der Waals surface area contributed by atoms with Crippen molar-refractivity contribution in [3.63, 3.8) is 0 Å². The molecule has 0 unspecified atom stereocenters. The summed E-state index contributed by atoms with van der Waals surface area (Å²) in [6.45, 7) is 6.53. The van der Waals surface area contributed by atoms with E-state index in [9.17, 15) is 9.59 Å². The maximum absolute atomic E-state index is 11.0. The van der Waals surface area contributed by atoms with E-state index in [2.05, 4.69) is 0 Å². The average molecular weight is 350 g/mol. The van der Waals surface area contributed by atoms with E-state index in [4.69, 9.17) is 6.13 Å². The number of halogens is 1. The second kappa shape index (κ2) is 6.00. The number of hydrogen-bond acceptors (Lipinski definition) is 4. The van der Waals surface area contributed by atoms with Crippen LogP contribution in [-0.2, 0) is 15.7 Å². The standard InChI is InChI=1S/C12H15IO4/c1-8-5-9(2)7-12(6-8)13(16-10(3)14)17-11(4)15/h5-7H,1-4H3. The summed E-state index contributed by atoms with van der Waals surface area (Å²) in [6, 6.07) is 5.80. The van der Waals surface area contributed by atoms with Crippen molar-refractivity contribution in [2.45, 2.75) is 27.7 Å². The molecule has 94 valence electrons. The number of carbonyl (C=O) groups excluding carboxylic acids is 2. The quantitative estimate of drug-likeness (QED) is 0.787. The molecule has 0 amide bonds. The van der Waals surface area contributed by atoms with Gasteiger partial charge in [-0.25, -0.2) is 0 Å². The zero-order valence-electron chi connectivity index (χ0n) is 10.2. The summed E-state index contributed by atoms with van der Waals surface area (Å²) in [6.07, 6.45) is 0. The topological polar surface area (TPSA) is 52.6 Å². The van der Waals surface area contributed by atoms with Gasteiger partial charge in [-0.1, -0.05) is 0 Å². The summed E-state index contributed by atoms with van der Waals surface area (Å²) in [7, 11) is 0. The van der Waals surface area contributed by atoms with Crippen molar-refractivity contribution in [1.29, 1.82) is 0 Å². The minimum absolute atomic E-state index is 0.421. The van der Waals surface area contributed by atoms with Crippen LogP contribution >= 0.6 is 20.6 Å². The Morgan fingerprint density at radius 3 is 1.71 bits per heavy atom. The van der Waals surface area contributed by atoms with Crippen LogP contribution < -0.4 is 0 Å². The Kier molecular flexibility index (Phi) is 4.92. The van der Waals surface area contributed by atoms with Crippen molar-refractivity contribution in [3.05, 3.63) is 32.9 Å². The van der Waals surface area contributed by atoms with Crippen LogP contribution in [0.4, 0.5) is 0 Å². The molecule has 0 aliphatic rings. The second-order valence-electron chi connectivity index (χ2n) is 3.66. The molecular weight excluding hydrogens is 335 g/mol. The van der Waals surface area contributed by atoms with Crippen LogP contribution in [0.2, 0.25) is 0 Å². The third-order valence-corrected chi connectivity index (χ3v) is 5.40. The number of rotatable bonds is 3. The molecule has 0 spiro atoms. The SMILES string of the molecule is CC(=O)OI(OC(C)=O)c1cc(C)cc(C)c1. The fourth-order valence-electron chi connectivity index (χ4n) is 1.31. The van der Waals surface area contributed by atoms with Crippen molar-refractivity contribution < 1.29 is 15.7 Å². The Morgan fingerprint density at radius 1 is 0.941 bits per heavy atom. The summed E-state index contributed by atoms with van der Waals surface area (Å²) in [5.74, 6) is -0.841. The van der Waals surface area contributed by atoms with Gasteiger partial charge in [0, 0.05) is 0 Å². The molecule has 0 N–H and O–H groups in total. The van der Waals surface area contributed by atoms with E-state index in [1.807, 2.05) is 32.0 Å². The molecule has 0 atom stereocenters. The van der Waals surface area contributed by atoms with E-state index in [-0.39, 0.29) is 0 Å². The van der Waals surface area contributed by atoms with Crippen LogP contribution in [0.5, 0.6) is 0 Å². The van der Waals surface area contributed by atoms with E-state index in [1.54, 1.807) is 0 Å². The van der Waals surface area contributed by atoms with Gasteiger partial charge in [0.05, 0.1) is 0 Å². The number of hydrogen-bond donors (Lipinski definition) is 0. The molecule has 4 nitrogen and oxygen atoms in total. The zero-order valence-corrected chi connectivity index (χ0v) is 12.4. The fourth-order valence-corrected chi connectivity index (χ4v) is 4.53. The molecule has 0 aliphatic heterocycles. The van der Waals surface area contributed by atoms with Gasteiger partial charge in [-0.05, 0) is 0 Å². The first-order valence-corrected chi connectivity index (χ1v) is 7.89. The van der Waals surface area contributed by atoms with Crippen LogP contribution in [0.1, 0.15) is 25.0 Å². The molecule has 0 aliphatic carbocycles. The van der Waals surface area contributed by atoms with Crippen LogP contribution in [-0.4, -0.2) is 11.9 Å². The zero-order chi connectivity index (χ0) is 13.0. The summed E-state index contributed by atoms with van der Waals surface area (Å²) in [5, 5.41) is 0. The Balaban J connectivity index is 3.02. The predicted octanol–water partition coefficient (Wildman–Crippen LogP) is 2.94. The Bertz CT molecular complexity index is 406. The van der Waals surface area contributed by atoms with Gasteiger partial charge in [-0.2, -0.15) is 0 Å². The van der Waals surface area contributed by atoms with Gasteiger partial charge in [0.1, 0.15) is 0 Å². The third-order valence-electron chi connectivity index (χ3n) is 1.72. The molecule has 1 aromatic carbocycles. The molecule has 0 heterocycles. The van der Waals surface area contributed by atoms with Gasteiger partial charge in [-0.15, -0.1) is 0 Å². The monoisotopic (exact) mass is 350 g/mol. The Labute approximate surface area is 109 Å².